The van der Waals surface area contributed by atoms with Gasteiger partial charge in [0.25, 0.3) is 0 Å². The van der Waals surface area contributed by atoms with Crippen LogP contribution >= 0.6 is 0 Å². The third kappa shape index (κ3) is 2.08. The van der Waals surface area contributed by atoms with Gasteiger partial charge in [0, 0.05) is 22.7 Å². The maximum absolute atomic E-state index is 11.6. The molecule has 0 fully saturated rings. The lowest BCUT2D eigenvalue weighted by atomic mass is 10.1. The summed E-state index contributed by atoms with van der Waals surface area (Å²) in [6, 6.07) is 7.22. The van der Waals surface area contributed by atoms with Crippen molar-refractivity contribution >= 4 is 22.4 Å². The number of benzene rings is 1. The van der Waals surface area contributed by atoms with E-state index >= 15 is 0 Å². The van der Waals surface area contributed by atoms with Crippen molar-refractivity contribution in [2.24, 2.45) is 0 Å². The molecule has 0 bridgehead atoms. The quantitative estimate of drug-likeness (QED) is 0.388. The fourth-order valence-electron chi connectivity index (χ4n) is 1.74. The molecule has 0 aliphatic heterocycles. The van der Waals surface area contributed by atoms with Gasteiger partial charge in [-0.05, 0) is 6.07 Å². The van der Waals surface area contributed by atoms with Crippen molar-refractivity contribution in [1.29, 1.82) is 0 Å². The molecule has 0 saturated carbocycles. The molecule has 2 aromatic rings. The monoisotopic (exact) mass is 246 g/mol. The molecule has 1 aromatic heterocycles. The zero-order valence-corrected chi connectivity index (χ0v) is 9.54. The van der Waals surface area contributed by atoms with Crippen LogP contribution in [0.3, 0.4) is 0 Å². The van der Waals surface area contributed by atoms with Gasteiger partial charge in [-0.15, -0.1) is 0 Å². The molecule has 6 nitrogen and oxygen atoms in total. The smallest absolute Gasteiger partial charge is 0.344 e. The minimum absolute atomic E-state index is 0.0834. The molecule has 0 spiro atoms. The maximum atomic E-state index is 11.6. The van der Waals surface area contributed by atoms with Crippen LogP contribution in [-0.4, -0.2) is 23.0 Å². The molecule has 18 heavy (non-hydrogen) atoms. The van der Waals surface area contributed by atoms with Crippen LogP contribution in [0.4, 0.5) is 0 Å². The molecule has 0 atom stereocenters. The van der Waals surface area contributed by atoms with Crippen LogP contribution in [0.1, 0.15) is 5.56 Å². The Bertz CT molecular complexity index is 642. The minimum Gasteiger partial charge on any atom is -0.465 e. The third-order valence-electron chi connectivity index (χ3n) is 2.52. The van der Waals surface area contributed by atoms with Gasteiger partial charge in [0.1, 0.15) is 5.57 Å². The van der Waals surface area contributed by atoms with E-state index in [1.54, 1.807) is 18.3 Å². The van der Waals surface area contributed by atoms with E-state index in [9.17, 15) is 14.9 Å². The van der Waals surface area contributed by atoms with E-state index in [0.29, 0.717) is 11.8 Å². The molecule has 92 valence electrons. The van der Waals surface area contributed by atoms with Crippen LogP contribution < -0.4 is 0 Å². The molecular formula is C12H10N2O4. The lowest BCUT2D eigenvalue weighted by Gasteiger charge is -2.01. The summed E-state index contributed by atoms with van der Waals surface area (Å²) >= 11 is 0. The molecular weight excluding hydrogens is 236 g/mol. The highest BCUT2D eigenvalue weighted by molar-refractivity contribution is 6.19. The van der Waals surface area contributed by atoms with Crippen molar-refractivity contribution in [2.75, 3.05) is 7.11 Å². The second-order valence-electron chi connectivity index (χ2n) is 3.57. The Labute approximate surface area is 102 Å². The van der Waals surface area contributed by atoms with Gasteiger partial charge in [0.15, 0.2) is 0 Å². The Morgan fingerprint density at radius 3 is 2.83 bits per heavy atom. The SMILES string of the molecule is COC(=O)C(=C[N+](=O)[O-])c1c[nH]c2ccccc12. The number of esters is 1. The summed E-state index contributed by atoms with van der Waals surface area (Å²) in [5, 5.41) is 11.3. The number of hydrogen-bond acceptors (Lipinski definition) is 4. The molecule has 0 unspecified atom stereocenters. The zero-order chi connectivity index (χ0) is 13.1. The second-order valence-corrected chi connectivity index (χ2v) is 3.57. The minimum atomic E-state index is -0.739. The van der Waals surface area contributed by atoms with Gasteiger partial charge >= 0.3 is 5.97 Å². The first kappa shape index (κ1) is 11.8. The van der Waals surface area contributed by atoms with Crippen molar-refractivity contribution in [3.63, 3.8) is 0 Å². The highest BCUT2D eigenvalue weighted by atomic mass is 16.6. The molecule has 1 heterocycles. The van der Waals surface area contributed by atoms with Crippen molar-refractivity contribution in [1.82, 2.24) is 4.98 Å². The maximum Gasteiger partial charge on any atom is 0.344 e. The van der Waals surface area contributed by atoms with Crippen LogP contribution in [-0.2, 0) is 9.53 Å². The summed E-state index contributed by atoms with van der Waals surface area (Å²) in [6.07, 6.45) is 2.21. The first-order valence-corrected chi connectivity index (χ1v) is 5.13. The van der Waals surface area contributed by atoms with Gasteiger partial charge in [0.2, 0.25) is 6.20 Å². The zero-order valence-electron chi connectivity index (χ0n) is 9.54. The molecule has 0 saturated heterocycles. The van der Waals surface area contributed by atoms with Gasteiger partial charge in [0.05, 0.1) is 12.0 Å². The molecule has 0 aliphatic rings. The summed E-state index contributed by atoms with van der Waals surface area (Å²) in [6.45, 7) is 0. The number of carbonyl (C=O) groups is 1. The van der Waals surface area contributed by atoms with Gasteiger partial charge in [-0.1, -0.05) is 18.2 Å². The molecule has 6 heteroatoms. The Balaban J connectivity index is 2.62. The van der Waals surface area contributed by atoms with Crippen LogP contribution in [0.25, 0.3) is 16.5 Å². The summed E-state index contributed by atoms with van der Waals surface area (Å²) in [5.41, 5.74) is 1.17. The van der Waals surface area contributed by atoms with Crippen LogP contribution in [0.15, 0.2) is 36.7 Å². The number of methoxy groups -OCH3 is 1. The lowest BCUT2D eigenvalue weighted by Crippen LogP contribution is -2.05. The summed E-state index contributed by atoms with van der Waals surface area (Å²) < 4.78 is 4.56. The van der Waals surface area contributed by atoms with Gasteiger partial charge in [-0.2, -0.15) is 0 Å². The van der Waals surface area contributed by atoms with E-state index in [1.807, 2.05) is 12.1 Å². The van der Waals surface area contributed by atoms with Crippen LogP contribution in [0, 0.1) is 10.1 Å². The number of nitrogens with one attached hydrogen (secondary N) is 1. The number of H-pyrrole nitrogens is 1. The number of ether oxygens (including phenoxy) is 1. The largest absolute Gasteiger partial charge is 0.465 e. The number of carbonyl (C=O) groups excluding carboxylic acids is 1. The molecule has 0 amide bonds. The van der Waals surface area contributed by atoms with Gasteiger partial charge < -0.3 is 9.72 Å². The van der Waals surface area contributed by atoms with E-state index in [0.717, 1.165) is 10.9 Å². The Morgan fingerprint density at radius 2 is 2.17 bits per heavy atom. The molecule has 0 radical (unpaired) electrons. The molecule has 0 aliphatic carbocycles. The van der Waals surface area contributed by atoms with Crippen molar-refractivity contribution in [3.05, 3.63) is 52.3 Å². The Morgan fingerprint density at radius 1 is 1.44 bits per heavy atom. The number of hydrogen-bond donors (Lipinski definition) is 1. The van der Waals surface area contributed by atoms with E-state index in [2.05, 4.69) is 9.72 Å². The lowest BCUT2D eigenvalue weighted by molar-refractivity contribution is -0.401. The average Bonchev–Trinajstić information content (AvgIpc) is 2.78. The molecule has 1 aromatic carbocycles. The van der Waals surface area contributed by atoms with Gasteiger partial charge in [-0.25, -0.2) is 4.79 Å². The van der Waals surface area contributed by atoms with E-state index in [1.165, 1.54) is 7.11 Å². The predicted molar refractivity (Wildman–Crippen MR) is 65.3 cm³/mol. The Hall–Kier alpha value is -2.63. The van der Waals surface area contributed by atoms with E-state index < -0.39 is 10.9 Å². The number of fused-ring (bicyclic) bond motifs is 1. The van der Waals surface area contributed by atoms with Crippen LogP contribution in [0.2, 0.25) is 0 Å². The average molecular weight is 246 g/mol. The third-order valence-corrected chi connectivity index (χ3v) is 2.52. The highest BCUT2D eigenvalue weighted by Gasteiger charge is 2.20. The highest BCUT2D eigenvalue weighted by Crippen LogP contribution is 2.25. The second kappa shape index (κ2) is 4.70. The fraction of sp³-hybridized carbons (Fsp3) is 0.0833. The standard InChI is InChI=1S/C12H10N2O4/c1-18-12(15)10(7-14(16)17)9-6-13-11-5-3-2-4-8(9)11/h2-7,13H,1H3. The van der Waals surface area contributed by atoms with Crippen LogP contribution in [0.5, 0.6) is 0 Å². The summed E-state index contributed by atoms with van der Waals surface area (Å²) in [4.78, 5) is 24.4. The van der Waals surface area contributed by atoms with E-state index in [-0.39, 0.29) is 5.57 Å². The first-order valence-electron chi connectivity index (χ1n) is 5.13. The number of aromatic amines is 1. The number of nitro groups is 1. The normalized spacial score (nSPS) is 11.5. The van der Waals surface area contributed by atoms with Crippen molar-refractivity contribution < 1.29 is 14.5 Å². The summed E-state index contributed by atoms with van der Waals surface area (Å²) in [7, 11) is 1.19. The van der Waals surface area contributed by atoms with Crippen molar-refractivity contribution in [3.8, 4) is 0 Å². The Kier molecular flexibility index (Phi) is 3.09. The molecule has 1 N–H and O–H groups in total. The number of para-hydroxylation sites is 1. The van der Waals surface area contributed by atoms with Crippen molar-refractivity contribution in [2.45, 2.75) is 0 Å². The number of nitrogens with zero attached hydrogens (tertiary/aromatic N) is 1. The topological polar surface area (TPSA) is 85.2 Å². The number of aromatic nitrogens is 1. The number of rotatable bonds is 3. The summed E-state index contributed by atoms with van der Waals surface area (Å²) in [5.74, 6) is -0.739. The fourth-order valence-corrected chi connectivity index (χ4v) is 1.74. The molecule has 2 rings (SSSR count). The van der Waals surface area contributed by atoms with Gasteiger partial charge in [-0.3, -0.25) is 10.1 Å². The first-order chi connectivity index (χ1) is 8.63. The predicted octanol–water partition coefficient (Wildman–Crippen LogP) is 1.96. The van der Waals surface area contributed by atoms with E-state index in [4.69, 9.17) is 0 Å².